The minimum Gasteiger partial charge on any atom is -0.493 e. The molecule has 39 heavy (non-hydrogen) atoms. The van der Waals surface area contributed by atoms with Crippen molar-refractivity contribution in [2.45, 2.75) is 6.61 Å². The lowest BCUT2D eigenvalue weighted by atomic mass is 10.1. The molecule has 0 aromatic heterocycles. The molecule has 0 N–H and O–H groups in total. The number of carbonyl (C=O) groups excluding carboxylic acids is 1. The Morgan fingerprint density at radius 2 is 1.36 bits per heavy atom. The van der Waals surface area contributed by atoms with Gasteiger partial charge in [0.05, 0.1) is 35.0 Å². The summed E-state index contributed by atoms with van der Waals surface area (Å²) in [6.45, 7) is 2.18. The molecule has 1 fully saturated rings. The smallest absolute Gasteiger partial charge is 0.346 e. The van der Waals surface area contributed by atoms with Gasteiger partial charge in [-0.2, -0.15) is 0 Å². The number of alkyl halides is 2. The van der Waals surface area contributed by atoms with Crippen LogP contribution in [0.25, 0.3) is 0 Å². The normalized spacial score (nSPS) is 15.6. The number of ether oxygens (including phenoxy) is 4. The van der Waals surface area contributed by atoms with E-state index >= 15 is 0 Å². The maximum Gasteiger partial charge on any atom is 0.346 e. The molecule has 1 aliphatic rings. The van der Waals surface area contributed by atoms with E-state index in [2.05, 4.69) is 0 Å². The third-order valence-electron chi connectivity index (χ3n) is 6.42. The highest BCUT2D eigenvalue weighted by molar-refractivity contribution is 7.53. The molecular formula is C26H36Cl2N3O7P. The largest absolute Gasteiger partial charge is 0.493 e. The van der Waals surface area contributed by atoms with Crippen LogP contribution < -0.4 is 18.9 Å². The first-order chi connectivity index (χ1) is 18.8. The van der Waals surface area contributed by atoms with Crippen LogP contribution in [0, 0.1) is 0 Å². The second-order valence-corrected chi connectivity index (χ2v) is 11.7. The number of benzene rings is 2. The van der Waals surface area contributed by atoms with E-state index < -0.39 is 7.67 Å². The van der Waals surface area contributed by atoms with Gasteiger partial charge in [0.2, 0.25) is 0 Å². The van der Waals surface area contributed by atoms with Crippen molar-refractivity contribution in [3.63, 3.8) is 0 Å². The standard InChI is InChI=1S/C26H36Cl2N3O7P/c1-34-22-7-5-20(17-24(22)36-3)19-38-39(33,30(11-9-27)12-10-28)31-15-13-29(14-16-31)26(32)21-6-8-23(35-2)25(18-21)37-4/h5-8,17-18H,9-16,19H2,1-4H3. The van der Waals surface area contributed by atoms with Crippen LogP contribution in [-0.4, -0.2) is 99.6 Å². The van der Waals surface area contributed by atoms with Gasteiger partial charge in [-0.25, -0.2) is 9.34 Å². The van der Waals surface area contributed by atoms with Gasteiger partial charge in [0.15, 0.2) is 23.0 Å². The molecule has 1 amide bonds. The topological polar surface area (TPSA) is 90.0 Å². The summed E-state index contributed by atoms with van der Waals surface area (Å²) in [4.78, 5) is 15.0. The lowest BCUT2D eigenvalue weighted by molar-refractivity contribution is 0.0673. The SMILES string of the molecule is COc1ccc(COP(=O)(N(CCCl)CCCl)N2CCN(C(=O)c3ccc(OC)c(OC)c3)CC2)cc1OC. The van der Waals surface area contributed by atoms with Crippen LogP contribution in [-0.2, 0) is 15.7 Å². The van der Waals surface area contributed by atoms with Crippen molar-refractivity contribution >= 4 is 36.8 Å². The second-order valence-electron chi connectivity index (χ2n) is 8.60. The number of nitrogens with zero attached hydrogens (tertiary/aromatic N) is 3. The molecule has 1 atom stereocenters. The molecule has 13 heteroatoms. The summed E-state index contributed by atoms with van der Waals surface area (Å²) in [5.74, 6) is 2.55. The van der Waals surface area contributed by atoms with Crippen molar-refractivity contribution in [2.75, 3.05) is 79.5 Å². The average Bonchev–Trinajstić information content (AvgIpc) is 2.98. The van der Waals surface area contributed by atoms with Crippen LogP contribution >= 0.6 is 30.9 Å². The fraction of sp³-hybridized carbons (Fsp3) is 0.500. The van der Waals surface area contributed by atoms with Crippen LogP contribution in [0.1, 0.15) is 15.9 Å². The van der Waals surface area contributed by atoms with Gasteiger partial charge in [-0.3, -0.25) is 9.36 Å². The van der Waals surface area contributed by atoms with E-state index in [0.29, 0.717) is 67.8 Å². The zero-order valence-electron chi connectivity index (χ0n) is 22.7. The van der Waals surface area contributed by atoms with E-state index in [4.69, 9.17) is 46.7 Å². The third kappa shape index (κ3) is 7.51. The summed E-state index contributed by atoms with van der Waals surface area (Å²) in [6, 6.07) is 10.5. The van der Waals surface area contributed by atoms with Crippen LogP contribution in [0.2, 0.25) is 0 Å². The number of hydrogen-bond donors (Lipinski definition) is 0. The van der Waals surface area contributed by atoms with Crippen molar-refractivity contribution < 1.29 is 32.8 Å². The Labute approximate surface area is 240 Å². The Morgan fingerprint density at radius 3 is 1.90 bits per heavy atom. The maximum absolute atomic E-state index is 14.5. The minimum absolute atomic E-state index is 0.0729. The summed E-state index contributed by atoms with van der Waals surface area (Å²) in [7, 11) is 2.64. The number of methoxy groups -OCH3 is 4. The predicted octanol–water partition coefficient (Wildman–Crippen LogP) is 4.58. The van der Waals surface area contributed by atoms with Gasteiger partial charge in [0.25, 0.3) is 5.91 Å². The Bertz CT molecular complexity index is 1140. The average molecular weight is 604 g/mol. The monoisotopic (exact) mass is 603 g/mol. The fourth-order valence-electron chi connectivity index (χ4n) is 4.33. The van der Waals surface area contributed by atoms with E-state index in [1.807, 2.05) is 6.07 Å². The lowest BCUT2D eigenvalue weighted by Crippen LogP contribution is -2.49. The second kappa shape index (κ2) is 15.0. The number of halogens is 2. The first-order valence-electron chi connectivity index (χ1n) is 12.4. The summed E-state index contributed by atoms with van der Waals surface area (Å²) in [5, 5.41) is 0. The first kappa shape index (κ1) is 31.3. The predicted molar refractivity (Wildman–Crippen MR) is 152 cm³/mol. The summed E-state index contributed by atoms with van der Waals surface area (Å²) < 4.78 is 45.5. The van der Waals surface area contributed by atoms with Gasteiger partial charge in [-0.15, -0.1) is 23.2 Å². The molecular weight excluding hydrogens is 568 g/mol. The molecule has 216 valence electrons. The van der Waals surface area contributed by atoms with Crippen molar-refractivity contribution in [1.29, 1.82) is 0 Å². The molecule has 2 aromatic rings. The van der Waals surface area contributed by atoms with Gasteiger partial charge < -0.3 is 28.4 Å². The zero-order chi connectivity index (χ0) is 28.4. The Kier molecular flexibility index (Phi) is 12.0. The molecule has 3 rings (SSSR count). The molecule has 0 aliphatic carbocycles. The molecule has 0 saturated carbocycles. The zero-order valence-corrected chi connectivity index (χ0v) is 25.1. The fourth-order valence-corrected chi connectivity index (χ4v) is 7.37. The van der Waals surface area contributed by atoms with Crippen LogP contribution in [0.3, 0.4) is 0 Å². The quantitative estimate of drug-likeness (QED) is 0.227. The van der Waals surface area contributed by atoms with Gasteiger partial charge in [0.1, 0.15) is 0 Å². The molecule has 0 spiro atoms. The summed E-state index contributed by atoms with van der Waals surface area (Å²) >= 11 is 12.1. The van der Waals surface area contributed by atoms with Crippen molar-refractivity contribution in [1.82, 2.24) is 14.2 Å². The third-order valence-corrected chi connectivity index (χ3v) is 9.45. The number of amides is 1. The van der Waals surface area contributed by atoms with Gasteiger partial charge in [0, 0.05) is 56.6 Å². The molecule has 1 saturated heterocycles. The van der Waals surface area contributed by atoms with Crippen molar-refractivity contribution in [2.24, 2.45) is 0 Å². The Balaban J connectivity index is 1.77. The summed E-state index contributed by atoms with van der Waals surface area (Å²) in [5.41, 5.74) is 1.26. The van der Waals surface area contributed by atoms with Crippen LogP contribution in [0.5, 0.6) is 23.0 Å². The highest BCUT2D eigenvalue weighted by Crippen LogP contribution is 2.55. The van der Waals surface area contributed by atoms with Gasteiger partial charge >= 0.3 is 7.67 Å². The Hall–Kier alpha value is -2.20. The van der Waals surface area contributed by atoms with E-state index in [1.165, 1.54) is 7.11 Å². The highest BCUT2D eigenvalue weighted by atomic mass is 35.5. The molecule has 1 heterocycles. The highest BCUT2D eigenvalue weighted by Gasteiger charge is 2.40. The summed E-state index contributed by atoms with van der Waals surface area (Å²) in [6.07, 6.45) is 0. The van der Waals surface area contributed by atoms with Crippen LogP contribution in [0.15, 0.2) is 36.4 Å². The molecule has 0 bridgehead atoms. The van der Waals surface area contributed by atoms with E-state index in [-0.39, 0.29) is 24.3 Å². The molecule has 1 unspecified atom stereocenters. The van der Waals surface area contributed by atoms with E-state index in [0.717, 1.165) is 5.56 Å². The van der Waals surface area contributed by atoms with E-state index in [1.54, 1.807) is 65.9 Å². The minimum atomic E-state index is -3.55. The Morgan fingerprint density at radius 1 is 0.821 bits per heavy atom. The molecule has 0 radical (unpaired) electrons. The molecule has 10 nitrogen and oxygen atoms in total. The number of carbonyl (C=O) groups is 1. The van der Waals surface area contributed by atoms with Crippen LogP contribution in [0.4, 0.5) is 0 Å². The van der Waals surface area contributed by atoms with Gasteiger partial charge in [-0.05, 0) is 35.9 Å². The van der Waals surface area contributed by atoms with Crippen molar-refractivity contribution in [3.8, 4) is 23.0 Å². The number of hydrogen-bond acceptors (Lipinski definition) is 7. The maximum atomic E-state index is 14.5. The van der Waals surface area contributed by atoms with E-state index in [9.17, 15) is 9.36 Å². The molecule has 2 aromatic carbocycles. The van der Waals surface area contributed by atoms with Crippen molar-refractivity contribution in [3.05, 3.63) is 47.5 Å². The number of piperazine rings is 1. The molecule has 1 aliphatic heterocycles. The number of rotatable bonds is 14. The lowest BCUT2D eigenvalue weighted by Gasteiger charge is -2.42. The first-order valence-corrected chi connectivity index (χ1v) is 15.0. The van der Waals surface area contributed by atoms with Gasteiger partial charge in [-0.1, -0.05) is 6.07 Å².